The first-order valence-electron chi connectivity index (χ1n) is 12.9. The molecule has 6 rings (SSSR count). The molecule has 7 nitrogen and oxygen atoms in total. The van der Waals surface area contributed by atoms with Crippen LogP contribution >= 0.6 is 11.6 Å². The van der Waals surface area contributed by atoms with Gasteiger partial charge in [-0.25, -0.2) is 14.4 Å². The Kier molecular flexibility index (Phi) is 7.03. The highest BCUT2D eigenvalue weighted by molar-refractivity contribution is 6.33. The van der Waals surface area contributed by atoms with E-state index in [2.05, 4.69) is 21.4 Å². The fourth-order valence-corrected chi connectivity index (χ4v) is 6.10. The highest BCUT2D eigenvalue weighted by Crippen LogP contribution is 2.40. The lowest BCUT2D eigenvalue weighted by molar-refractivity contribution is 0.0171. The molecule has 2 aromatic rings. The SMILES string of the molecule is Cc1cc(Cl)c(NC2CCc3cc(C4=CCOCC4)cc(F)c32)nc1N=CCC1CO[C@@H]2C(O)CO[C@H]12. The van der Waals surface area contributed by atoms with Gasteiger partial charge in [-0.15, -0.1) is 0 Å². The molecule has 0 saturated carbocycles. The Balaban J connectivity index is 1.17. The second-order valence-corrected chi connectivity index (χ2v) is 10.7. The van der Waals surface area contributed by atoms with Gasteiger partial charge in [0.05, 0.1) is 43.6 Å². The number of aromatic nitrogens is 1. The number of anilines is 1. The predicted molar refractivity (Wildman–Crippen MR) is 140 cm³/mol. The molecule has 0 amide bonds. The van der Waals surface area contributed by atoms with Gasteiger partial charge < -0.3 is 24.6 Å². The second kappa shape index (κ2) is 10.4. The van der Waals surface area contributed by atoms with Crippen LogP contribution in [0.25, 0.3) is 5.57 Å². The molecule has 2 N–H and O–H groups in total. The third kappa shape index (κ3) is 4.93. The normalized spacial score (nSPS) is 29.0. The molecule has 4 aliphatic rings. The molecule has 1 aromatic carbocycles. The number of fused-ring (bicyclic) bond motifs is 2. The molecule has 3 aliphatic heterocycles. The van der Waals surface area contributed by atoms with E-state index in [1.54, 1.807) is 6.07 Å². The molecule has 4 heterocycles. The van der Waals surface area contributed by atoms with E-state index in [0.717, 1.165) is 41.5 Å². The maximum absolute atomic E-state index is 15.3. The van der Waals surface area contributed by atoms with Crippen LogP contribution in [0.4, 0.5) is 16.0 Å². The zero-order valence-electron chi connectivity index (χ0n) is 20.8. The standard InChI is InChI=1S/C28H31ClFN3O4/c1-15-10-20(29)28(33-27(15)31-7-4-18-13-36-26-23(34)14-37-25(18)26)32-22-3-2-17-11-19(12-21(30)24(17)22)16-5-8-35-9-6-16/h5,7,10-12,18,22-23,25-26,34H,2-4,6,8-9,13-14H2,1H3,(H,32,33)/t18?,22?,23?,25-,26-/m1/s1. The fourth-order valence-electron chi connectivity index (χ4n) is 5.84. The number of halogens is 2. The minimum absolute atomic E-state index is 0.0986. The van der Waals surface area contributed by atoms with Crippen LogP contribution in [0.15, 0.2) is 29.3 Å². The number of aliphatic hydroxyl groups excluding tert-OH is 1. The van der Waals surface area contributed by atoms with Gasteiger partial charge in [0.25, 0.3) is 0 Å². The first kappa shape index (κ1) is 24.9. The Bertz CT molecular complexity index is 1250. The topological polar surface area (TPSA) is 85.2 Å². The minimum Gasteiger partial charge on any atom is -0.388 e. The summed E-state index contributed by atoms with van der Waals surface area (Å²) in [7, 11) is 0. The van der Waals surface area contributed by atoms with Gasteiger partial charge in [-0.05, 0) is 67.0 Å². The van der Waals surface area contributed by atoms with Crippen LogP contribution in [0.1, 0.15) is 47.6 Å². The van der Waals surface area contributed by atoms with Crippen LogP contribution in [0, 0.1) is 18.7 Å². The van der Waals surface area contributed by atoms with E-state index in [4.69, 9.17) is 25.8 Å². The van der Waals surface area contributed by atoms with Crippen LogP contribution in [0.3, 0.4) is 0 Å². The number of nitrogens with zero attached hydrogens (tertiary/aromatic N) is 2. The van der Waals surface area contributed by atoms with Crippen molar-refractivity contribution in [2.45, 2.75) is 57.0 Å². The largest absolute Gasteiger partial charge is 0.388 e. The quantitative estimate of drug-likeness (QED) is 0.517. The minimum atomic E-state index is -0.558. The average Bonchev–Trinajstić information content (AvgIpc) is 3.59. The summed E-state index contributed by atoms with van der Waals surface area (Å²) in [4.78, 5) is 9.29. The zero-order chi connectivity index (χ0) is 25.5. The third-order valence-corrected chi connectivity index (χ3v) is 8.09. The van der Waals surface area contributed by atoms with E-state index < -0.39 is 6.10 Å². The number of aliphatic hydroxyl groups is 1. The molecule has 0 radical (unpaired) electrons. The number of rotatable bonds is 6. The number of hydrogen-bond acceptors (Lipinski definition) is 7. The number of aryl methyl sites for hydroxylation is 2. The maximum Gasteiger partial charge on any atom is 0.156 e. The molecule has 2 fully saturated rings. The van der Waals surface area contributed by atoms with E-state index in [9.17, 15) is 5.11 Å². The Morgan fingerprint density at radius 3 is 2.92 bits per heavy atom. The van der Waals surface area contributed by atoms with Crippen molar-refractivity contribution in [1.82, 2.24) is 4.98 Å². The van der Waals surface area contributed by atoms with Crippen LogP contribution in [0.5, 0.6) is 0 Å². The van der Waals surface area contributed by atoms with Gasteiger partial charge in [0.1, 0.15) is 23.8 Å². The van der Waals surface area contributed by atoms with Crippen molar-refractivity contribution in [3.8, 4) is 0 Å². The third-order valence-electron chi connectivity index (χ3n) is 7.80. The lowest BCUT2D eigenvalue weighted by Crippen LogP contribution is -2.29. The van der Waals surface area contributed by atoms with E-state index in [1.807, 2.05) is 25.3 Å². The number of nitrogens with one attached hydrogen (secondary N) is 1. The summed E-state index contributed by atoms with van der Waals surface area (Å²) in [5.74, 6) is 1.01. The summed E-state index contributed by atoms with van der Waals surface area (Å²) in [5, 5.41) is 13.8. The molecule has 196 valence electrons. The van der Waals surface area contributed by atoms with Gasteiger partial charge in [-0.2, -0.15) is 0 Å². The fraction of sp³-hybridized carbons (Fsp3) is 0.500. The first-order chi connectivity index (χ1) is 18.0. The smallest absolute Gasteiger partial charge is 0.156 e. The molecule has 2 saturated heterocycles. The van der Waals surface area contributed by atoms with Gasteiger partial charge in [-0.3, -0.25) is 0 Å². The van der Waals surface area contributed by atoms with Crippen LogP contribution < -0.4 is 5.32 Å². The zero-order valence-corrected chi connectivity index (χ0v) is 21.5. The molecular weight excluding hydrogens is 497 g/mol. The van der Waals surface area contributed by atoms with E-state index >= 15 is 4.39 Å². The monoisotopic (exact) mass is 527 g/mol. The summed E-state index contributed by atoms with van der Waals surface area (Å²) in [6, 6.07) is 5.37. The van der Waals surface area contributed by atoms with Crippen molar-refractivity contribution in [1.29, 1.82) is 0 Å². The molecule has 1 aliphatic carbocycles. The van der Waals surface area contributed by atoms with Crippen LogP contribution in [-0.2, 0) is 20.6 Å². The van der Waals surface area contributed by atoms with Gasteiger partial charge in [0, 0.05) is 17.7 Å². The van der Waals surface area contributed by atoms with Crippen molar-refractivity contribution in [3.05, 3.63) is 57.4 Å². The predicted octanol–water partition coefficient (Wildman–Crippen LogP) is 4.95. The second-order valence-electron chi connectivity index (χ2n) is 10.3. The van der Waals surface area contributed by atoms with Crippen molar-refractivity contribution in [2.24, 2.45) is 10.9 Å². The number of aliphatic imine (C=N–C) groups is 1. The lowest BCUT2D eigenvalue weighted by atomic mass is 9.96. The Labute approximate surface area is 220 Å². The highest BCUT2D eigenvalue weighted by Gasteiger charge is 2.46. The van der Waals surface area contributed by atoms with Crippen molar-refractivity contribution < 1.29 is 23.7 Å². The van der Waals surface area contributed by atoms with E-state index in [0.29, 0.717) is 55.1 Å². The first-order valence-corrected chi connectivity index (χ1v) is 13.3. The van der Waals surface area contributed by atoms with Gasteiger partial charge in [-0.1, -0.05) is 23.7 Å². The van der Waals surface area contributed by atoms with Gasteiger partial charge >= 0.3 is 0 Å². The average molecular weight is 528 g/mol. The number of ether oxygens (including phenoxy) is 3. The number of hydrogen-bond donors (Lipinski definition) is 2. The van der Waals surface area contributed by atoms with Crippen molar-refractivity contribution in [3.63, 3.8) is 0 Å². The molecule has 0 spiro atoms. The molecule has 0 bridgehead atoms. The summed E-state index contributed by atoms with van der Waals surface area (Å²) < 4.78 is 32.1. The summed E-state index contributed by atoms with van der Waals surface area (Å²) in [6.07, 6.45) is 5.97. The van der Waals surface area contributed by atoms with Crippen LogP contribution in [0.2, 0.25) is 5.02 Å². The molecule has 9 heteroatoms. The van der Waals surface area contributed by atoms with Crippen molar-refractivity contribution >= 4 is 35.0 Å². The molecule has 37 heavy (non-hydrogen) atoms. The van der Waals surface area contributed by atoms with Gasteiger partial charge in [0.15, 0.2) is 5.82 Å². The number of pyridine rings is 1. The highest BCUT2D eigenvalue weighted by atomic mass is 35.5. The molecule has 5 atom stereocenters. The van der Waals surface area contributed by atoms with E-state index in [1.165, 1.54) is 0 Å². The van der Waals surface area contributed by atoms with Gasteiger partial charge in [0.2, 0.25) is 0 Å². The molecular formula is C28H31ClFN3O4. The van der Waals surface area contributed by atoms with Crippen molar-refractivity contribution in [2.75, 3.05) is 31.7 Å². The summed E-state index contributed by atoms with van der Waals surface area (Å²) in [6.45, 7) is 4.01. The summed E-state index contributed by atoms with van der Waals surface area (Å²) in [5.41, 5.74) is 4.66. The lowest BCUT2D eigenvalue weighted by Gasteiger charge is -2.19. The summed E-state index contributed by atoms with van der Waals surface area (Å²) >= 11 is 6.54. The Morgan fingerprint density at radius 2 is 2.08 bits per heavy atom. The van der Waals surface area contributed by atoms with E-state index in [-0.39, 0.29) is 30.0 Å². The Hall–Kier alpha value is -2.36. The number of benzene rings is 1. The molecule has 1 aromatic heterocycles. The Morgan fingerprint density at radius 1 is 1.22 bits per heavy atom. The molecule has 3 unspecified atom stereocenters. The van der Waals surface area contributed by atoms with Crippen LogP contribution in [-0.4, -0.2) is 61.0 Å². The maximum atomic E-state index is 15.3.